The van der Waals surface area contributed by atoms with E-state index >= 15 is 0 Å². The molecule has 1 aromatic heterocycles. The van der Waals surface area contributed by atoms with Crippen molar-refractivity contribution < 1.29 is 23.0 Å². The predicted octanol–water partition coefficient (Wildman–Crippen LogP) is 2.88. The summed E-state index contributed by atoms with van der Waals surface area (Å²) in [6.45, 7) is 0.0672. The largest absolute Gasteiger partial charge is 0.497 e. The van der Waals surface area contributed by atoms with Crippen molar-refractivity contribution in [3.8, 4) is 5.75 Å². The molecular formula is C15H17F3N2O2. The van der Waals surface area contributed by atoms with Crippen LogP contribution in [0.25, 0.3) is 0 Å². The van der Waals surface area contributed by atoms with Gasteiger partial charge in [0.25, 0.3) is 0 Å². The Kier molecular flexibility index (Phi) is 5.07. The minimum Gasteiger partial charge on any atom is -0.497 e. The summed E-state index contributed by atoms with van der Waals surface area (Å²) in [4.78, 5) is 0. The molecule has 0 bridgehead atoms. The molecule has 7 heteroatoms. The lowest BCUT2D eigenvalue weighted by Gasteiger charge is -2.05. The highest BCUT2D eigenvalue weighted by Crippen LogP contribution is 2.31. The summed E-state index contributed by atoms with van der Waals surface area (Å²) >= 11 is 0. The van der Waals surface area contributed by atoms with Gasteiger partial charge >= 0.3 is 6.18 Å². The Morgan fingerprint density at radius 1 is 1.32 bits per heavy atom. The Labute approximate surface area is 126 Å². The second-order valence-electron chi connectivity index (χ2n) is 4.88. The number of benzene rings is 1. The first-order valence-electron chi connectivity index (χ1n) is 6.81. The molecule has 0 amide bonds. The normalized spacial score (nSPS) is 11.7. The Bertz CT molecular complexity index is 623. The van der Waals surface area contributed by atoms with E-state index in [0.29, 0.717) is 5.75 Å². The summed E-state index contributed by atoms with van der Waals surface area (Å²) in [6.07, 6.45) is -2.69. The van der Waals surface area contributed by atoms with E-state index < -0.39 is 11.9 Å². The summed E-state index contributed by atoms with van der Waals surface area (Å²) in [5, 5.41) is 12.5. The molecule has 2 rings (SSSR count). The highest BCUT2D eigenvalue weighted by atomic mass is 19.4. The molecule has 1 aromatic carbocycles. The van der Waals surface area contributed by atoms with Crippen LogP contribution in [0.2, 0.25) is 0 Å². The summed E-state index contributed by atoms with van der Waals surface area (Å²) in [5.74, 6) is 0.640. The first-order valence-corrected chi connectivity index (χ1v) is 6.81. The number of nitrogens with zero attached hydrogens (tertiary/aromatic N) is 2. The first-order chi connectivity index (χ1) is 10.4. The number of rotatable bonds is 6. The van der Waals surface area contributed by atoms with Gasteiger partial charge in [-0.2, -0.15) is 18.3 Å². The van der Waals surface area contributed by atoms with Gasteiger partial charge in [-0.25, -0.2) is 0 Å². The van der Waals surface area contributed by atoms with Crippen LogP contribution in [0.5, 0.6) is 5.75 Å². The number of hydrogen-bond acceptors (Lipinski definition) is 3. The van der Waals surface area contributed by atoms with Crippen molar-refractivity contribution in [2.45, 2.75) is 25.6 Å². The van der Waals surface area contributed by atoms with Crippen LogP contribution in [0.4, 0.5) is 13.2 Å². The van der Waals surface area contributed by atoms with Gasteiger partial charge in [0.05, 0.1) is 13.7 Å². The Hall–Kier alpha value is -2.02. The molecule has 0 radical (unpaired) electrons. The summed E-state index contributed by atoms with van der Waals surface area (Å²) in [7, 11) is 1.53. The molecule has 0 unspecified atom stereocenters. The van der Waals surface area contributed by atoms with Crippen LogP contribution in [0, 0.1) is 0 Å². The smallest absolute Gasteiger partial charge is 0.435 e. The number of ether oxygens (including phenoxy) is 1. The van der Waals surface area contributed by atoms with Crippen LogP contribution in [-0.2, 0) is 19.1 Å². The number of alkyl halides is 3. The fraction of sp³-hybridized carbons (Fsp3) is 0.400. The van der Waals surface area contributed by atoms with Crippen molar-refractivity contribution in [1.82, 2.24) is 9.78 Å². The second-order valence-corrected chi connectivity index (χ2v) is 4.88. The molecule has 0 aliphatic heterocycles. The minimum atomic E-state index is -4.50. The highest BCUT2D eigenvalue weighted by Gasteiger charge is 2.36. The Morgan fingerprint density at radius 2 is 2.09 bits per heavy atom. The zero-order valence-corrected chi connectivity index (χ0v) is 12.1. The van der Waals surface area contributed by atoms with Crippen molar-refractivity contribution in [3.63, 3.8) is 0 Å². The molecule has 0 atom stereocenters. The summed E-state index contributed by atoms with van der Waals surface area (Å²) < 4.78 is 45.3. The van der Waals surface area contributed by atoms with Crippen LogP contribution in [0.3, 0.4) is 0 Å². The lowest BCUT2D eigenvalue weighted by Crippen LogP contribution is -2.10. The molecule has 0 saturated heterocycles. The number of methoxy groups -OCH3 is 1. The second kappa shape index (κ2) is 6.83. The molecular weight excluding hydrogens is 297 g/mol. The van der Waals surface area contributed by atoms with Gasteiger partial charge in [-0.15, -0.1) is 0 Å². The predicted molar refractivity (Wildman–Crippen MR) is 74.7 cm³/mol. The van der Waals surface area contributed by atoms with Crippen molar-refractivity contribution in [1.29, 1.82) is 0 Å². The number of aryl methyl sites for hydroxylation is 1. The van der Waals surface area contributed by atoms with E-state index in [9.17, 15) is 13.2 Å². The molecule has 120 valence electrons. The lowest BCUT2D eigenvalue weighted by molar-refractivity contribution is -0.142. The molecule has 0 spiro atoms. The average Bonchev–Trinajstić information content (AvgIpc) is 2.88. The van der Waals surface area contributed by atoms with E-state index in [0.717, 1.165) is 5.56 Å². The third-order valence-electron chi connectivity index (χ3n) is 3.19. The van der Waals surface area contributed by atoms with Crippen molar-refractivity contribution in [2.75, 3.05) is 13.7 Å². The van der Waals surface area contributed by atoms with E-state index in [2.05, 4.69) is 5.10 Å². The van der Waals surface area contributed by atoms with Crippen molar-refractivity contribution in [3.05, 3.63) is 47.3 Å². The van der Waals surface area contributed by atoms with Gasteiger partial charge in [0.1, 0.15) is 5.75 Å². The fourth-order valence-corrected chi connectivity index (χ4v) is 2.19. The number of hydrogen-bond donors (Lipinski definition) is 1. The van der Waals surface area contributed by atoms with E-state index in [4.69, 9.17) is 9.84 Å². The third kappa shape index (κ3) is 4.00. The number of halogens is 3. The number of aromatic nitrogens is 2. The van der Waals surface area contributed by atoms with Crippen LogP contribution < -0.4 is 4.74 Å². The monoisotopic (exact) mass is 314 g/mol. The zero-order chi connectivity index (χ0) is 16.2. The van der Waals surface area contributed by atoms with Gasteiger partial charge in [-0.05, 0) is 30.5 Å². The van der Waals surface area contributed by atoms with Gasteiger partial charge < -0.3 is 9.84 Å². The summed E-state index contributed by atoms with van der Waals surface area (Å²) in [5.41, 5.74) is 0.0116. The molecule has 22 heavy (non-hydrogen) atoms. The Morgan fingerprint density at radius 3 is 2.73 bits per heavy atom. The molecule has 0 saturated carbocycles. The van der Waals surface area contributed by atoms with E-state index in [-0.39, 0.29) is 31.6 Å². The van der Waals surface area contributed by atoms with Crippen LogP contribution in [0.15, 0.2) is 30.5 Å². The standard InChI is InChI=1S/C15H17F3N2O2/c1-22-13-6-2-4-11(8-13)9-20-10-12(5-3-7-21)14(19-20)15(16,17)18/h2,4,6,8,10,21H,3,5,7,9H2,1H3. The summed E-state index contributed by atoms with van der Waals surface area (Å²) in [6, 6.07) is 7.09. The zero-order valence-electron chi connectivity index (χ0n) is 12.1. The topological polar surface area (TPSA) is 47.3 Å². The maximum Gasteiger partial charge on any atom is 0.435 e. The molecule has 0 fully saturated rings. The lowest BCUT2D eigenvalue weighted by atomic mass is 10.1. The molecule has 0 aliphatic rings. The maximum atomic E-state index is 13.0. The maximum absolute atomic E-state index is 13.0. The molecule has 1 heterocycles. The van der Waals surface area contributed by atoms with Crippen molar-refractivity contribution in [2.24, 2.45) is 0 Å². The number of aliphatic hydroxyl groups excluding tert-OH is 1. The molecule has 2 aromatic rings. The number of aliphatic hydroxyl groups is 1. The van der Waals surface area contributed by atoms with Crippen molar-refractivity contribution >= 4 is 0 Å². The SMILES string of the molecule is COc1cccc(Cn2cc(CCCO)c(C(F)(F)F)n2)c1. The average molecular weight is 314 g/mol. The Balaban J connectivity index is 2.25. The van der Waals surface area contributed by atoms with Gasteiger partial charge in [0, 0.05) is 18.4 Å². The van der Waals surface area contributed by atoms with E-state index in [1.165, 1.54) is 18.0 Å². The van der Waals surface area contributed by atoms with Gasteiger partial charge in [-0.1, -0.05) is 12.1 Å². The molecule has 4 nitrogen and oxygen atoms in total. The molecule has 1 N–H and O–H groups in total. The fourth-order valence-electron chi connectivity index (χ4n) is 2.19. The minimum absolute atomic E-state index is 0.101. The quantitative estimate of drug-likeness (QED) is 0.892. The van der Waals surface area contributed by atoms with Crippen LogP contribution in [0.1, 0.15) is 23.2 Å². The van der Waals surface area contributed by atoms with Gasteiger partial charge in [-0.3, -0.25) is 4.68 Å². The van der Waals surface area contributed by atoms with Crippen LogP contribution >= 0.6 is 0 Å². The van der Waals surface area contributed by atoms with Crippen LogP contribution in [-0.4, -0.2) is 28.6 Å². The highest BCUT2D eigenvalue weighted by molar-refractivity contribution is 5.29. The third-order valence-corrected chi connectivity index (χ3v) is 3.19. The van der Waals surface area contributed by atoms with Gasteiger partial charge in [0.2, 0.25) is 0 Å². The van der Waals surface area contributed by atoms with Gasteiger partial charge in [0.15, 0.2) is 5.69 Å². The molecule has 0 aliphatic carbocycles. The van der Waals surface area contributed by atoms with E-state index in [1.807, 2.05) is 0 Å². The first kappa shape index (κ1) is 16.4. The van der Waals surface area contributed by atoms with E-state index in [1.54, 1.807) is 24.3 Å².